The Kier molecular flexibility index (Phi) is 3.00. The van der Waals surface area contributed by atoms with Crippen LogP contribution in [0.2, 0.25) is 0 Å². The second-order valence-electron chi connectivity index (χ2n) is 4.26. The summed E-state index contributed by atoms with van der Waals surface area (Å²) in [7, 11) is 0. The van der Waals surface area contributed by atoms with E-state index in [2.05, 4.69) is 11.1 Å². The molecule has 0 fully saturated rings. The van der Waals surface area contributed by atoms with Crippen LogP contribution in [-0.2, 0) is 0 Å². The molecule has 0 bridgehead atoms. The molecule has 1 heterocycles. The van der Waals surface area contributed by atoms with E-state index in [1.54, 1.807) is 6.20 Å². The number of pyridine rings is 1. The highest BCUT2D eigenvalue weighted by Crippen LogP contribution is 2.27. The van der Waals surface area contributed by atoms with Crippen molar-refractivity contribution in [2.75, 3.05) is 5.73 Å². The van der Waals surface area contributed by atoms with Crippen LogP contribution < -0.4 is 10.5 Å². The van der Waals surface area contributed by atoms with Crippen molar-refractivity contribution in [2.45, 2.75) is 20.8 Å². The maximum atomic E-state index is 5.81. The van der Waals surface area contributed by atoms with Crippen molar-refractivity contribution in [3.05, 3.63) is 47.2 Å². The molecule has 17 heavy (non-hydrogen) atoms. The Morgan fingerprint density at radius 3 is 2.53 bits per heavy atom. The van der Waals surface area contributed by atoms with Crippen LogP contribution in [0.4, 0.5) is 5.69 Å². The maximum absolute atomic E-state index is 5.81. The van der Waals surface area contributed by atoms with E-state index in [-0.39, 0.29) is 0 Å². The number of hydrogen-bond acceptors (Lipinski definition) is 3. The molecule has 0 amide bonds. The Hall–Kier alpha value is -2.03. The molecular formula is C14H16N2O. The van der Waals surface area contributed by atoms with E-state index < -0.39 is 0 Å². The molecule has 2 rings (SSSR count). The van der Waals surface area contributed by atoms with Crippen LogP contribution in [0.1, 0.15) is 16.7 Å². The maximum Gasteiger partial charge on any atom is 0.222 e. The largest absolute Gasteiger partial charge is 0.438 e. The number of aryl methyl sites for hydroxylation is 3. The zero-order chi connectivity index (χ0) is 12.4. The molecule has 0 saturated heterocycles. The third kappa shape index (κ3) is 2.56. The first-order chi connectivity index (χ1) is 8.06. The molecule has 2 aromatic rings. The smallest absolute Gasteiger partial charge is 0.222 e. The Morgan fingerprint density at radius 2 is 1.82 bits per heavy atom. The van der Waals surface area contributed by atoms with Gasteiger partial charge in [-0.1, -0.05) is 12.1 Å². The zero-order valence-corrected chi connectivity index (χ0v) is 10.3. The average molecular weight is 228 g/mol. The van der Waals surface area contributed by atoms with E-state index in [0.29, 0.717) is 11.6 Å². The number of rotatable bonds is 2. The van der Waals surface area contributed by atoms with E-state index in [4.69, 9.17) is 10.5 Å². The van der Waals surface area contributed by atoms with E-state index in [9.17, 15) is 0 Å². The van der Waals surface area contributed by atoms with Gasteiger partial charge >= 0.3 is 0 Å². The molecule has 0 aliphatic heterocycles. The van der Waals surface area contributed by atoms with Gasteiger partial charge in [0.15, 0.2) is 0 Å². The van der Waals surface area contributed by atoms with Crippen LogP contribution in [0.15, 0.2) is 30.5 Å². The highest BCUT2D eigenvalue weighted by molar-refractivity contribution is 5.44. The molecule has 3 nitrogen and oxygen atoms in total. The third-order valence-electron chi connectivity index (χ3n) is 2.60. The monoisotopic (exact) mass is 228 g/mol. The van der Waals surface area contributed by atoms with Crippen LogP contribution in [0.3, 0.4) is 0 Å². The lowest BCUT2D eigenvalue weighted by molar-refractivity contribution is 0.455. The summed E-state index contributed by atoms with van der Waals surface area (Å²) >= 11 is 0. The summed E-state index contributed by atoms with van der Waals surface area (Å²) in [4.78, 5) is 4.20. The van der Waals surface area contributed by atoms with Gasteiger partial charge in [-0.25, -0.2) is 4.98 Å². The van der Waals surface area contributed by atoms with Crippen LogP contribution >= 0.6 is 0 Å². The Morgan fingerprint density at radius 1 is 1.06 bits per heavy atom. The first-order valence-corrected chi connectivity index (χ1v) is 5.53. The minimum Gasteiger partial charge on any atom is -0.438 e. The van der Waals surface area contributed by atoms with Gasteiger partial charge in [0.2, 0.25) is 5.88 Å². The summed E-state index contributed by atoms with van der Waals surface area (Å²) in [5.41, 5.74) is 9.50. The van der Waals surface area contributed by atoms with Gasteiger partial charge in [-0.3, -0.25) is 0 Å². The second-order valence-corrected chi connectivity index (χ2v) is 4.26. The van der Waals surface area contributed by atoms with Crippen LogP contribution in [0.5, 0.6) is 11.6 Å². The first-order valence-electron chi connectivity index (χ1n) is 5.53. The van der Waals surface area contributed by atoms with E-state index >= 15 is 0 Å². The summed E-state index contributed by atoms with van der Waals surface area (Å²) in [5.74, 6) is 1.44. The number of nitrogen functional groups attached to an aromatic ring is 1. The summed E-state index contributed by atoms with van der Waals surface area (Å²) < 4.78 is 5.81. The molecule has 88 valence electrons. The average Bonchev–Trinajstić information content (AvgIpc) is 2.27. The van der Waals surface area contributed by atoms with Crippen LogP contribution in [0.25, 0.3) is 0 Å². The molecule has 0 spiro atoms. The molecule has 0 aliphatic rings. The van der Waals surface area contributed by atoms with Gasteiger partial charge in [-0.05, 0) is 44.0 Å². The van der Waals surface area contributed by atoms with Crippen molar-refractivity contribution in [3.8, 4) is 11.6 Å². The summed E-state index contributed by atoms with van der Waals surface area (Å²) in [6.07, 6.45) is 1.60. The second kappa shape index (κ2) is 4.45. The molecule has 0 radical (unpaired) electrons. The highest BCUT2D eigenvalue weighted by Gasteiger charge is 2.06. The molecule has 1 aromatic carbocycles. The van der Waals surface area contributed by atoms with Gasteiger partial charge < -0.3 is 10.5 Å². The fourth-order valence-electron chi connectivity index (χ4n) is 1.61. The molecule has 0 aliphatic carbocycles. The number of nitrogens with two attached hydrogens (primary N) is 1. The number of aromatic nitrogens is 1. The summed E-state index contributed by atoms with van der Waals surface area (Å²) in [6.45, 7) is 5.99. The number of hydrogen-bond donors (Lipinski definition) is 1. The lowest BCUT2D eigenvalue weighted by atomic mass is 10.1. The van der Waals surface area contributed by atoms with E-state index in [1.165, 1.54) is 5.56 Å². The number of ether oxygens (including phenoxy) is 1. The van der Waals surface area contributed by atoms with Gasteiger partial charge in [0.05, 0.1) is 11.9 Å². The Balaban J connectivity index is 2.34. The lowest BCUT2D eigenvalue weighted by Gasteiger charge is -2.10. The topological polar surface area (TPSA) is 48.1 Å². The van der Waals surface area contributed by atoms with Crippen molar-refractivity contribution in [1.29, 1.82) is 0 Å². The fraction of sp³-hybridized carbons (Fsp3) is 0.214. The molecular weight excluding hydrogens is 212 g/mol. The SMILES string of the molecule is Cc1ccc(C)c(Oc2ncc(N)cc2C)c1. The number of benzene rings is 1. The van der Waals surface area contributed by atoms with E-state index in [1.807, 2.05) is 39.0 Å². The van der Waals surface area contributed by atoms with Gasteiger partial charge in [-0.2, -0.15) is 0 Å². The first kappa shape index (κ1) is 11.5. The van der Waals surface area contributed by atoms with Crippen molar-refractivity contribution >= 4 is 5.69 Å². The van der Waals surface area contributed by atoms with Crippen LogP contribution in [-0.4, -0.2) is 4.98 Å². The predicted molar refractivity (Wildman–Crippen MR) is 69.4 cm³/mol. The lowest BCUT2D eigenvalue weighted by Crippen LogP contribution is -1.95. The van der Waals surface area contributed by atoms with Crippen molar-refractivity contribution in [3.63, 3.8) is 0 Å². The van der Waals surface area contributed by atoms with Crippen molar-refractivity contribution < 1.29 is 4.74 Å². The van der Waals surface area contributed by atoms with E-state index in [0.717, 1.165) is 16.9 Å². The zero-order valence-electron chi connectivity index (χ0n) is 10.3. The molecule has 0 saturated carbocycles. The minimum atomic E-state index is 0.605. The Bertz CT molecular complexity index is 550. The van der Waals surface area contributed by atoms with Crippen LogP contribution in [0, 0.1) is 20.8 Å². The van der Waals surface area contributed by atoms with Gasteiger partial charge in [0.1, 0.15) is 5.75 Å². The van der Waals surface area contributed by atoms with Gasteiger partial charge in [0.25, 0.3) is 0 Å². The summed E-state index contributed by atoms with van der Waals surface area (Å²) in [5, 5.41) is 0. The minimum absolute atomic E-state index is 0.605. The fourth-order valence-corrected chi connectivity index (χ4v) is 1.61. The summed E-state index contributed by atoms with van der Waals surface area (Å²) in [6, 6.07) is 7.96. The van der Waals surface area contributed by atoms with Crippen molar-refractivity contribution in [1.82, 2.24) is 4.98 Å². The van der Waals surface area contributed by atoms with Gasteiger partial charge in [-0.15, -0.1) is 0 Å². The molecule has 1 aromatic heterocycles. The third-order valence-corrected chi connectivity index (χ3v) is 2.60. The predicted octanol–water partition coefficient (Wildman–Crippen LogP) is 3.38. The quantitative estimate of drug-likeness (QED) is 0.857. The number of nitrogens with zero attached hydrogens (tertiary/aromatic N) is 1. The normalized spacial score (nSPS) is 10.3. The Labute approximate surface area is 101 Å². The molecule has 0 unspecified atom stereocenters. The molecule has 0 atom stereocenters. The standard InChI is InChI=1S/C14H16N2O/c1-9-4-5-10(2)13(6-9)17-14-11(3)7-12(15)8-16-14/h4-8H,15H2,1-3H3. The number of anilines is 1. The molecule has 3 heteroatoms. The highest BCUT2D eigenvalue weighted by atomic mass is 16.5. The molecule has 2 N–H and O–H groups in total. The van der Waals surface area contributed by atoms with Crippen molar-refractivity contribution in [2.24, 2.45) is 0 Å². The van der Waals surface area contributed by atoms with Gasteiger partial charge in [0, 0.05) is 5.56 Å².